The summed E-state index contributed by atoms with van der Waals surface area (Å²) in [6.07, 6.45) is 6.17. The zero-order valence-electron chi connectivity index (χ0n) is 10.7. The highest BCUT2D eigenvalue weighted by molar-refractivity contribution is 5.84. The van der Waals surface area contributed by atoms with Crippen molar-refractivity contribution in [2.45, 2.75) is 46.0 Å². The number of aliphatic carboxylic acids is 1. The molecule has 1 aliphatic rings. The standard InChI is InChI=1S/C13H23NO3/c1-9(10(2)13(16)17)12(15)14-8-11-6-4-3-5-7-11/h9-11H,3-8H2,1-2H3,(H,14,15)(H,16,17). The molecule has 2 N–H and O–H groups in total. The van der Waals surface area contributed by atoms with Gasteiger partial charge in [0.2, 0.25) is 5.91 Å². The van der Waals surface area contributed by atoms with Crippen molar-refractivity contribution in [1.82, 2.24) is 5.32 Å². The van der Waals surface area contributed by atoms with Gasteiger partial charge >= 0.3 is 5.97 Å². The first-order valence-electron chi connectivity index (χ1n) is 6.53. The van der Waals surface area contributed by atoms with Crippen LogP contribution in [0.3, 0.4) is 0 Å². The number of carbonyl (C=O) groups excluding carboxylic acids is 1. The van der Waals surface area contributed by atoms with Crippen molar-refractivity contribution < 1.29 is 14.7 Å². The van der Waals surface area contributed by atoms with E-state index in [2.05, 4.69) is 5.32 Å². The number of carbonyl (C=O) groups is 2. The molecule has 0 saturated heterocycles. The molecule has 1 aliphatic carbocycles. The molecule has 2 atom stereocenters. The van der Waals surface area contributed by atoms with Gasteiger partial charge in [-0.1, -0.05) is 33.1 Å². The summed E-state index contributed by atoms with van der Waals surface area (Å²) in [5, 5.41) is 11.7. The van der Waals surface area contributed by atoms with E-state index in [-0.39, 0.29) is 5.91 Å². The Kier molecular flexibility index (Phi) is 5.45. The summed E-state index contributed by atoms with van der Waals surface area (Å²) in [4.78, 5) is 22.5. The first-order valence-corrected chi connectivity index (χ1v) is 6.53. The van der Waals surface area contributed by atoms with Crippen molar-refractivity contribution >= 4 is 11.9 Å². The summed E-state index contributed by atoms with van der Waals surface area (Å²) in [7, 11) is 0. The highest BCUT2D eigenvalue weighted by atomic mass is 16.4. The Labute approximate surface area is 103 Å². The number of nitrogens with one attached hydrogen (secondary N) is 1. The average molecular weight is 241 g/mol. The van der Waals surface area contributed by atoms with Gasteiger partial charge in [0.05, 0.1) is 5.92 Å². The third-order valence-corrected chi connectivity index (χ3v) is 3.84. The molecule has 0 aromatic rings. The van der Waals surface area contributed by atoms with Gasteiger partial charge in [0.25, 0.3) is 0 Å². The van der Waals surface area contributed by atoms with E-state index >= 15 is 0 Å². The van der Waals surface area contributed by atoms with E-state index in [9.17, 15) is 9.59 Å². The Bertz CT molecular complexity index is 272. The lowest BCUT2D eigenvalue weighted by Crippen LogP contribution is -2.38. The molecule has 1 saturated carbocycles. The largest absolute Gasteiger partial charge is 0.481 e. The summed E-state index contributed by atoms with van der Waals surface area (Å²) in [6.45, 7) is 3.96. The molecule has 1 amide bonds. The van der Waals surface area contributed by atoms with Crippen LogP contribution in [0.15, 0.2) is 0 Å². The third kappa shape index (κ3) is 4.36. The van der Waals surface area contributed by atoms with Gasteiger partial charge < -0.3 is 10.4 Å². The van der Waals surface area contributed by atoms with Crippen LogP contribution in [0.4, 0.5) is 0 Å². The molecule has 0 radical (unpaired) electrons. The Morgan fingerprint density at radius 3 is 2.29 bits per heavy atom. The van der Waals surface area contributed by atoms with Gasteiger partial charge in [0.15, 0.2) is 0 Å². The normalized spacial score (nSPS) is 20.6. The Morgan fingerprint density at radius 2 is 1.76 bits per heavy atom. The minimum absolute atomic E-state index is 0.134. The van der Waals surface area contributed by atoms with Crippen LogP contribution in [0, 0.1) is 17.8 Å². The molecule has 0 aliphatic heterocycles. The molecule has 0 aromatic heterocycles. The van der Waals surface area contributed by atoms with Crippen LogP contribution in [0.2, 0.25) is 0 Å². The molecule has 4 nitrogen and oxygen atoms in total. The molecule has 17 heavy (non-hydrogen) atoms. The van der Waals surface area contributed by atoms with Crippen LogP contribution in [0.1, 0.15) is 46.0 Å². The van der Waals surface area contributed by atoms with Crippen molar-refractivity contribution in [3.63, 3.8) is 0 Å². The van der Waals surface area contributed by atoms with Gasteiger partial charge in [-0.15, -0.1) is 0 Å². The zero-order valence-corrected chi connectivity index (χ0v) is 10.7. The molecule has 0 aromatic carbocycles. The Hall–Kier alpha value is -1.06. The minimum Gasteiger partial charge on any atom is -0.481 e. The fourth-order valence-corrected chi connectivity index (χ4v) is 2.24. The lowest BCUT2D eigenvalue weighted by atomic mass is 9.89. The fourth-order valence-electron chi connectivity index (χ4n) is 2.24. The van der Waals surface area contributed by atoms with E-state index in [1.54, 1.807) is 13.8 Å². The highest BCUT2D eigenvalue weighted by Gasteiger charge is 2.26. The van der Waals surface area contributed by atoms with Gasteiger partial charge in [-0.25, -0.2) is 0 Å². The van der Waals surface area contributed by atoms with Crippen LogP contribution in [-0.2, 0) is 9.59 Å². The number of rotatable bonds is 5. The molecule has 1 fully saturated rings. The van der Waals surface area contributed by atoms with E-state index in [4.69, 9.17) is 5.11 Å². The predicted octanol–water partition coefficient (Wildman–Crippen LogP) is 2.04. The maximum atomic E-state index is 11.8. The van der Waals surface area contributed by atoms with Crippen LogP contribution >= 0.6 is 0 Å². The lowest BCUT2D eigenvalue weighted by molar-refractivity contribution is -0.146. The number of amides is 1. The number of carboxylic acids is 1. The molecule has 1 rings (SSSR count). The van der Waals surface area contributed by atoms with Gasteiger partial charge in [0, 0.05) is 12.5 Å². The quantitative estimate of drug-likeness (QED) is 0.774. The average Bonchev–Trinajstić information content (AvgIpc) is 2.35. The molecule has 0 bridgehead atoms. The topological polar surface area (TPSA) is 66.4 Å². The first-order chi connectivity index (χ1) is 8.02. The Balaban J connectivity index is 2.30. The molecular formula is C13H23NO3. The third-order valence-electron chi connectivity index (χ3n) is 3.84. The minimum atomic E-state index is -0.912. The van der Waals surface area contributed by atoms with E-state index in [0.29, 0.717) is 12.5 Å². The van der Waals surface area contributed by atoms with Gasteiger partial charge in [-0.3, -0.25) is 9.59 Å². The van der Waals surface area contributed by atoms with Crippen LogP contribution in [-0.4, -0.2) is 23.5 Å². The monoisotopic (exact) mass is 241 g/mol. The lowest BCUT2D eigenvalue weighted by Gasteiger charge is -2.23. The van der Waals surface area contributed by atoms with Crippen molar-refractivity contribution in [3.05, 3.63) is 0 Å². The number of hydrogen-bond donors (Lipinski definition) is 2. The molecule has 2 unspecified atom stereocenters. The van der Waals surface area contributed by atoms with Crippen LogP contribution < -0.4 is 5.32 Å². The van der Waals surface area contributed by atoms with E-state index in [1.165, 1.54) is 32.1 Å². The number of hydrogen-bond acceptors (Lipinski definition) is 2. The molecule has 0 spiro atoms. The highest BCUT2D eigenvalue weighted by Crippen LogP contribution is 2.23. The van der Waals surface area contributed by atoms with Gasteiger partial charge in [-0.05, 0) is 18.8 Å². The van der Waals surface area contributed by atoms with Crippen LogP contribution in [0.5, 0.6) is 0 Å². The zero-order chi connectivity index (χ0) is 12.8. The summed E-state index contributed by atoms with van der Waals surface area (Å²) in [6, 6.07) is 0. The van der Waals surface area contributed by atoms with E-state index < -0.39 is 17.8 Å². The maximum absolute atomic E-state index is 11.8. The Morgan fingerprint density at radius 1 is 1.18 bits per heavy atom. The summed E-state index contributed by atoms with van der Waals surface area (Å²) < 4.78 is 0. The second kappa shape index (κ2) is 6.62. The summed E-state index contributed by atoms with van der Waals surface area (Å²) in [5.74, 6) is -1.55. The molecule has 4 heteroatoms. The fraction of sp³-hybridized carbons (Fsp3) is 0.846. The smallest absolute Gasteiger partial charge is 0.307 e. The van der Waals surface area contributed by atoms with Crippen molar-refractivity contribution in [3.8, 4) is 0 Å². The number of carboxylic acid groups (broad SMARTS) is 1. The maximum Gasteiger partial charge on any atom is 0.307 e. The first kappa shape index (κ1) is 14.0. The van der Waals surface area contributed by atoms with Crippen molar-refractivity contribution in [2.24, 2.45) is 17.8 Å². The molecule has 0 heterocycles. The molecular weight excluding hydrogens is 218 g/mol. The van der Waals surface area contributed by atoms with Crippen molar-refractivity contribution in [2.75, 3.05) is 6.54 Å². The second-order valence-corrected chi connectivity index (χ2v) is 5.16. The van der Waals surface area contributed by atoms with Crippen molar-refractivity contribution in [1.29, 1.82) is 0 Å². The van der Waals surface area contributed by atoms with E-state index in [1.807, 2.05) is 0 Å². The van der Waals surface area contributed by atoms with Gasteiger partial charge in [0.1, 0.15) is 0 Å². The second-order valence-electron chi connectivity index (χ2n) is 5.16. The SMILES string of the molecule is CC(C(=O)O)C(C)C(=O)NCC1CCCCC1. The molecule has 98 valence electrons. The summed E-state index contributed by atoms with van der Waals surface area (Å²) >= 11 is 0. The summed E-state index contributed by atoms with van der Waals surface area (Å²) in [5.41, 5.74) is 0. The van der Waals surface area contributed by atoms with E-state index in [0.717, 1.165) is 0 Å². The predicted molar refractivity (Wildman–Crippen MR) is 65.5 cm³/mol. The van der Waals surface area contributed by atoms with Gasteiger partial charge in [-0.2, -0.15) is 0 Å². The van der Waals surface area contributed by atoms with Crippen LogP contribution in [0.25, 0.3) is 0 Å².